The maximum atomic E-state index is 5.43. The van der Waals surface area contributed by atoms with E-state index in [2.05, 4.69) is 41.0 Å². The summed E-state index contributed by atoms with van der Waals surface area (Å²) in [5, 5.41) is 0. The van der Waals surface area contributed by atoms with Crippen LogP contribution in [0.2, 0.25) is 0 Å². The molecule has 116 valence electrons. The molecule has 0 aromatic heterocycles. The highest BCUT2D eigenvalue weighted by molar-refractivity contribution is 5.21. The van der Waals surface area contributed by atoms with Crippen molar-refractivity contribution in [2.75, 3.05) is 45.9 Å². The number of benzene rings is 1. The Balaban J connectivity index is 1.41. The Hall–Kier alpha value is -0.900. The van der Waals surface area contributed by atoms with Crippen LogP contribution in [0.25, 0.3) is 0 Å². The quantitative estimate of drug-likeness (QED) is 0.847. The van der Waals surface area contributed by atoms with E-state index in [9.17, 15) is 0 Å². The second kappa shape index (κ2) is 7.39. The lowest BCUT2D eigenvalue weighted by Crippen LogP contribution is -2.42. The molecule has 0 spiro atoms. The molecule has 0 atom stereocenters. The van der Waals surface area contributed by atoms with Crippen LogP contribution in [-0.4, -0.2) is 55.7 Å². The van der Waals surface area contributed by atoms with Gasteiger partial charge in [-0.05, 0) is 44.3 Å². The Bertz CT molecular complexity index is 417. The molecule has 3 rings (SSSR count). The molecule has 3 heteroatoms. The van der Waals surface area contributed by atoms with Crippen molar-refractivity contribution >= 4 is 0 Å². The summed E-state index contributed by atoms with van der Waals surface area (Å²) in [6, 6.07) is 8.99. The van der Waals surface area contributed by atoms with E-state index in [1.54, 1.807) is 0 Å². The monoisotopic (exact) mass is 288 g/mol. The van der Waals surface area contributed by atoms with Crippen LogP contribution >= 0.6 is 0 Å². The van der Waals surface area contributed by atoms with Gasteiger partial charge in [-0.1, -0.05) is 29.8 Å². The number of rotatable bonds is 4. The lowest BCUT2D eigenvalue weighted by Gasteiger charge is -2.36. The Morgan fingerprint density at radius 3 is 2.29 bits per heavy atom. The van der Waals surface area contributed by atoms with E-state index in [1.807, 2.05) is 0 Å². The van der Waals surface area contributed by atoms with Gasteiger partial charge in [0.1, 0.15) is 0 Å². The van der Waals surface area contributed by atoms with E-state index >= 15 is 0 Å². The van der Waals surface area contributed by atoms with Crippen LogP contribution in [0, 0.1) is 12.8 Å². The molecule has 2 aliphatic rings. The normalized spacial score (nSPS) is 22.5. The summed E-state index contributed by atoms with van der Waals surface area (Å²) in [4.78, 5) is 5.20. The van der Waals surface area contributed by atoms with Crippen molar-refractivity contribution in [2.24, 2.45) is 5.92 Å². The van der Waals surface area contributed by atoms with E-state index in [0.29, 0.717) is 0 Å². The number of hydrogen-bond acceptors (Lipinski definition) is 3. The molecule has 0 unspecified atom stereocenters. The lowest BCUT2D eigenvalue weighted by molar-refractivity contribution is 0.0242. The first kappa shape index (κ1) is 15.0. The van der Waals surface area contributed by atoms with Gasteiger partial charge in [0.25, 0.3) is 0 Å². The molecule has 0 saturated carbocycles. The Labute approximate surface area is 128 Å². The molecule has 2 saturated heterocycles. The van der Waals surface area contributed by atoms with Gasteiger partial charge < -0.3 is 4.74 Å². The third-order valence-corrected chi connectivity index (χ3v) is 4.85. The number of morpholine rings is 1. The molecule has 0 radical (unpaired) electrons. The largest absolute Gasteiger partial charge is 0.379 e. The van der Waals surface area contributed by atoms with Gasteiger partial charge in [0.05, 0.1) is 13.2 Å². The summed E-state index contributed by atoms with van der Waals surface area (Å²) in [6.45, 7) is 11.2. The first-order valence-electron chi connectivity index (χ1n) is 8.37. The number of piperidine rings is 1. The van der Waals surface area contributed by atoms with Crippen LogP contribution in [-0.2, 0) is 11.3 Å². The van der Waals surface area contributed by atoms with Crippen LogP contribution in [0.1, 0.15) is 24.0 Å². The van der Waals surface area contributed by atoms with Crippen LogP contribution in [0.15, 0.2) is 24.3 Å². The number of hydrogen-bond donors (Lipinski definition) is 0. The summed E-state index contributed by atoms with van der Waals surface area (Å²) < 4.78 is 5.43. The van der Waals surface area contributed by atoms with Gasteiger partial charge >= 0.3 is 0 Å². The van der Waals surface area contributed by atoms with Gasteiger partial charge in [-0.2, -0.15) is 0 Å². The molecule has 21 heavy (non-hydrogen) atoms. The molecular formula is C18H28N2O. The average Bonchev–Trinajstić information content (AvgIpc) is 2.53. The third-order valence-electron chi connectivity index (χ3n) is 4.85. The maximum Gasteiger partial charge on any atom is 0.0594 e. The van der Waals surface area contributed by atoms with Crippen molar-refractivity contribution < 1.29 is 4.74 Å². The summed E-state index contributed by atoms with van der Waals surface area (Å²) in [6.07, 6.45) is 2.70. The van der Waals surface area contributed by atoms with Gasteiger partial charge in [0.15, 0.2) is 0 Å². The Kier molecular flexibility index (Phi) is 5.28. The second-order valence-corrected chi connectivity index (χ2v) is 6.62. The summed E-state index contributed by atoms with van der Waals surface area (Å²) >= 11 is 0. The predicted molar refractivity (Wildman–Crippen MR) is 86.4 cm³/mol. The van der Waals surface area contributed by atoms with Crippen LogP contribution in [0.3, 0.4) is 0 Å². The predicted octanol–water partition coefficient (Wildman–Crippen LogP) is 2.54. The molecule has 2 fully saturated rings. The maximum absolute atomic E-state index is 5.43. The van der Waals surface area contributed by atoms with E-state index in [1.165, 1.54) is 43.6 Å². The molecular weight excluding hydrogens is 260 g/mol. The minimum atomic E-state index is 0.886. The first-order valence-corrected chi connectivity index (χ1v) is 8.37. The molecule has 0 N–H and O–H groups in total. The summed E-state index contributed by atoms with van der Waals surface area (Å²) in [7, 11) is 0. The topological polar surface area (TPSA) is 15.7 Å². The van der Waals surface area contributed by atoms with Crippen LogP contribution < -0.4 is 0 Å². The van der Waals surface area contributed by atoms with E-state index in [4.69, 9.17) is 4.74 Å². The van der Waals surface area contributed by atoms with Crippen molar-refractivity contribution in [3.8, 4) is 0 Å². The fourth-order valence-corrected chi connectivity index (χ4v) is 3.43. The van der Waals surface area contributed by atoms with Gasteiger partial charge in [0, 0.05) is 26.2 Å². The summed E-state index contributed by atoms with van der Waals surface area (Å²) in [5.74, 6) is 0.886. The number of aryl methyl sites for hydroxylation is 1. The first-order chi connectivity index (χ1) is 10.3. The van der Waals surface area contributed by atoms with Crippen molar-refractivity contribution in [3.05, 3.63) is 35.4 Å². The number of ether oxygens (including phenoxy) is 1. The fourth-order valence-electron chi connectivity index (χ4n) is 3.43. The highest BCUT2D eigenvalue weighted by atomic mass is 16.5. The third kappa shape index (κ3) is 4.53. The van der Waals surface area contributed by atoms with Gasteiger partial charge in [-0.25, -0.2) is 0 Å². The van der Waals surface area contributed by atoms with Gasteiger partial charge in [-0.15, -0.1) is 0 Å². The Morgan fingerprint density at radius 2 is 1.62 bits per heavy atom. The zero-order chi connectivity index (χ0) is 14.5. The zero-order valence-electron chi connectivity index (χ0n) is 13.3. The average molecular weight is 288 g/mol. The van der Waals surface area contributed by atoms with E-state index in [0.717, 1.165) is 38.8 Å². The molecule has 0 bridgehead atoms. The van der Waals surface area contributed by atoms with Crippen molar-refractivity contribution in [3.63, 3.8) is 0 Å². The van der Waals surface area contributed by atoms with Gasteiger partial charge in [0.2, 0.25) is 0 Å². The minimum Gasteiger partial charge on any atom is -0.379 e. The minimum absolute atomic E-state index is 0.886. The van der Waals surface area contributed by atoms with Gasteiger partial charge in [-0.3, -0.25) is 9.80 Å². The summed E-state index contributed by atoms with van der Waals surface area (Å²) in [5.41, 5.74) is 2.80. The van der Waals surface area contributed by atoms with Crippen molar-refractivity contribution in [2.45, 2.75) is 26.3 Å². The molecule has 1 aromatic carbocycles. The lowest BCUT2D eigenvalue weighted by atomic mass is 9.95. The zero-order valence-corrected chi connectivity index (χ0v) is 13.3. The Morgan fingerprint density at radius 1 is 0.952 bits per heavy atom. The van der Waals surface area contributed by atoms with E-state index in [-0.39, 0.29) is 0 Å². The van der Waals surface area contributed by atoms with E-state index < -0.39 is 0 Å². The second-order valence-electron chi connectivity index (χ2n) is 6.62. The molecule has 0 aliphatic carbocycles. The molecule has 1 aromatic rings. The van der Waals surface area contributed by atoms with Crippen LogP contribution in [0.5, 0.6) is 0 Å². The molecule has 2 aliphatic heterocycles. The molecule has 0 amide bonds. The number of nitrogens with zero attached hydrogens (tertiary/aromatic N) is 2. The molecule has 3 nitrogen and oxygen atoms in total. The highest BCUT2D eigenvalue weighted by Gasteiger charge is 2.22. The van der Waals surface area contributed by atoms with Crippen LogP contribution in [0.4, 0.5) is 0 Å². The standard InChI is InChI=1S/C18H28N2O/c1-16-2-4-17(5-3-16)14-19-8-6-18(7-9-19)15-20-10-12-21-13-11-20/h2-5,18H,6-15H2,1H3. The highest BCUT2D eigenvalue weighted by Crippen LogP contribution is 2.20. The molecule has 2 heterocycles. The fraction of sp³-hybridized carbons (Fsp3) is 0.667. The number of likely N-dealkylation sites (tertiary alicyclic amines) is 1. The van der Waals surface area contributed by atoms with Crippen molar-refractivity contribution in [1.82, 2.24) is 9.80 Å². The van der Waals surface area contributed by atoms with Crippen molar-refractivity contribution in [1.29, 1.82) is 0 Å². The smallest absolute Gasteiger partial charge is 0.0594 e. The SMILES string of the molecule is Cc1ccc(CN2CCC(CN3CCOCC3)CC2)cc1.